The van der Waals surface area contributed by atoms with Crippen LogP contribution in [0.4, 0.5) is 0 Å². The number of hydrogen-bond acceptors (Lipinski definition) is 3. The molecule has 0 bridgehead atoms. The van der Waals surface area contributed by atoms with Gasteiger partial charge in [-0.3, -0.25) is 4.40 Å². The summed E-state index contributed by atoms with van der Waals surface area (Å²) < 4.78 is 3.20. The van der Waals surface area contributed by atoms with E-state index in [-0.39, 0.29) is 0 Å². The number of likely N-dealkylation sites (N-methyl/N-ethyl adjacent to an activating group) is 1. The number of imidazole rings is 1. The molecule has 104 valence electrons. The van der Waals surface area contributed by atoms with Crippen molar-refractivity contribution in [1.29, 1.82) is 0 Å². The van der Waals surface area contributed by atoms with E-state index in [4.69, 9.17) is 0 Å². The van der Waals surface area contributed by atoms with Gasteiger partial charge in [0.2, 0.25) is 0 Å². The normalized spacial score (nSPS) is 12.9. The zero-order valence-electron chi connectivity index (χ0n) is 11.2. The summed E-state index contributed by atoms with van der Waals surface area (Å²) in [4.78, 5) is 5.73. The quantitative estimate of drug-likeness (QED) is 0.752. The maximum atomic E-state index is 4.67. The van der Waals surface area contributed by atoms with Crippen molar-refractivity contribution in [2.45, 2.75) is 19.4 Å². The van der Waals surface area contributed by atoms with E-state index in [1.54, 1.807) is 11.3 Å². The summed E-state index contributed by atoms with van der Waals surface area (Å²) in [5.41, 5.74) is 2.43. The van der Waals surface area contributed by atoms with Gasteiger partial charge >= 0.3 is 0 Å². The number of benzene rings is 1. The van der Waals surface area contributed by atoms with Crippen LogP contribution in [0.5, 0.6) is 0 Å². The standard InChI is InChI=1S/C15H16BrN3S/c1-2-17-14(11-3-5-12(16)6-4-11)9-13-10-19-7-8-20-15(19)18-13/h3-8,10,14,17H,2,9H2,1H3. The van der Waals surface area contributed by atoms with Gasteiger partial charge in [-0.25, -0.2) is 4.98 Å². The minimum absolute atomic E-state index is 0.303. The number of nitrogens with zero attached hydrogens (tertiary/aromatic N) is 2. The Morgan fingerprint density at radius 2 is 2.15 bits per heavy atom. The highest BCUT2D eigenvalue weighted by Gasteiger charge is 2.13. The fourth-order valence-electron chi connectivity index (χ4n) is 2.33. The molecule has 0 spiro atoms. The van der Waals surface area contributed by atoms with Gasteiger partial charge in [0.25, 0.3) is 0 Å². The Bertz CT molecular complexity index is 658. The molecule has 3 nitrogen and oxygen atoms in total. The molecule has 0 radical (unpaired) electrons. The average Bonchev–Trinajstić information content (AvgIpc) is 3.00. The largest absolute Gasteiger partial charge is 0.310 e. The minimum Gasteiger partial charge on any atom is -0.310 e. The molecule has 0 aliphatic carbocycles. The number of hydrogen-bond donors (Lipinski definition) is 1. The molecule has 3 rings (SSSR count). The molecule has 0 saturated carbocycles. The van der Waals surface area contributed by atoms with Crippen LogP contribution in [0, 0.1) is 0 Å². The lowest BCUT2D eigenvalue weighted by Gasteiger charge is -2.17. The lowest BCUT2D eigenvalue weighted by Crippen LogP contribution is -2.23. The van der Waals surface area contributed by atoms with Gasteiger partial charge in [0.05, 0.1) is 5.69 Å². The maximum absolute atomic E-state index is 4.67. The predicted molar refractivity (Wildman–Crippen MR) is 87.3 cm³/mol. The number of aromatic nitrogens is 2. The Labute approximate surface area is 130 Å². The average molecular weight is 350 g/mol. The van der Waals surface area contributed by atoms with Crippen molar-refractivity contribution in [3.8, 4) is 0 Å². The van der Waals surface area contributed by atoms with Crippen LogP contribution in [-0.4, -0.2) is 15.9 Å². The van der Waals surface area contributed by atoms with Gasteiger partial charge in [-0.1, -0.05) is 35.0 Å². The van der Waals surface area contributed by atoms with Gasteiger partial charge < -0.3 is 5.32 Å². The fourth-order valence-corrected chi connectivity index (χ4v) is 3.32. The van der Waals surface area contributed by atoms with Crippen LogP contribution in [0.15, 0.2) is 46.5 Å². The van der Waals surface area contributed by atoms with Crippen molar-refractivity contribution in [2.24, 2.45) is 0 Å². The molecule has 1 unspecified atom stereocenters. The van der Waals surface area contributed by atoms with E-state index in [0.717, 1.165) is 28.1 Å². The first-order chi connectivity index (χ1) is 9.76. The Hall–Kier alpha value is -1.17. The molecular formula is C15H16BrN3S. The molecule has 20 heavy (non-hydrogen) atoms. The molecule has 0 aliphatic heterocycles. The first kappa shape index (κ1) is 13.8. The van der Waals surface area contributed by atoms with Crippen LogP contribution in [-0.2, 0) is 6.42 Å². The van der Waals surface area contributed by atoms with Crippen molar-refractivity contribution in [1.82, 2.24) is 14.7 Å². The van der Waals surface area contributed by atoms with Gasteiger partial charge in [0, 0.05) is 34.7 Å². The zero-order chi connectivity index (χ0) is 13.9. The second-order valence-electron chi connectivity index (χ2n) is 4.69. The predicted octanol–water partition coefficient (Wildman–Crippen LogP) is 4.05. The second kappa shape index (κ2) is 6.08. The number of rotatable bonds is 5. The third-order valence-corrected chi connectivity index (χ3v) is 4.58. The SMILES string of the molecule is CCNC(Cc1cn2ccsc2n1)c1ccc(Br)cc1. The Morgan fingerprint density at radius 1 is 1.35 bits per heavy atom. The van der Waals surface area contributed by atoms with Gasteiger partial charge in [-0.2, -0.15) is 0 Å². The highest BCUT2D eigenvalue weighted by molar-refractivity contribution is 9.10. The molecule has 2 aromatic heterocycles. The smallest absolute Gasteiger partial charge is 0.193 e. The van der Waals surface area contributed by atoms with Crippen LogP contribution >= 0.6 is 27.3 Å². The summed E-state index contributed by atoms with van der Waals surface area (Å²) in [6, 6.07) is 8.81. The van der Waals surface area contributed by atoms with Crippen molar-refractivity contribution >= 4 is 32.2 Å². The van der Waals surface area contributed by atoms with Gasteiger partial charge in [-0.15, -0.1) is 11.3 Å². The lowest BCUT2D eigenvalue weighted by molar-refractivity contribution is 0.545. The zero-order valence-corrected chi connectivity index (χ0v) is 13.6. The first-order valence-corrected chi connectivity index (χ1v) is 8.33. The van der Waals surface area contributed by atoms with E-state index < -0.39 is 0 Å². The van der Waals surface area contributed by atoms with E-state index in [1.807, 2.05) is 0 Å². The van der Waals surface area contributed by atoms with Gasteiger partial charge in [0.15, 0.2) is 4.96 Å². The Balaban J connectivity index is 1.83. The van der Waals surface area contributed by atoms with E-state index >= 15 is 0 Å². The molecular weight excluding hydrogens is 334 g/mol. The van der Waals surface area contributed by atoms with Crippen molar-refractivity contribution in [3.63, 3.8) is 0 Å². The van der Waals surface area contributed by atoms with Crippen LogP contribution < -0.4 is 5.32 Å². The summed E-state index contributed by atoms with van der Waals surface area (Å²) in [5, 5.41) is 5.60. The number of fused-ring (bicyclic) bond motifs is 1. The molecule has 1 atom stereocenters. The number of thiazole rings is 1. The Morgan fingerprint density at radius 3 is 2.85 bits per heavy atom. The minimum atomic E-state index is 0.303. The maximum Gasteiger partial charge on any atom is 0.193 e. The molecule has 0 aliphatic rings. The van der Waals surface area contributed by atoms with E-state index in [9.17, 15) is 0 Å². The molecule has 2 heterocycles. The summed E-state index contributed by atoms with van der Waals surface area (Å²) in [6.45, 7) is 3.08. The van der Waals surface area contributed by atoms with Gasteiger partial charge in [-0.05, 0) is 24.2 Å². The summed E-state index contributed by atoms with van der Waals surface area (Å²) in [6.07, 6.45) is 5.08. The highest BCUT2D eigenvalue weighted by Crippen LogP contribution is 2.21. The molecule has 1 aromatic carbocycles. The third-order valence-electron chi connectivity index (χ3n) is 3.28. The molecule has 5 heteroatoms. The molecule has 1 N–H and O–H groups in total. The topological polar surface area (TPSA) is 29.3 Å². The highest BCUT2D eigenvalue weighted by atomic mass is 79.9. The van der Waals surface area contributed by atoms with Crippen molar-refractivity contribution in [3.05, 3.63) is 57.8 Å². The van der Waals surface area contributed by atoms with Crippen LogP contribution in [0.25, 0.3) is 4.96 Å². The van der Waals surface area contributed by atoms with Crippen LogP contribution in [0.2, 0.25) is 0 Å². The number of nitrogens with one attached hydrogen (secondary N) is 1. The number of halogens is 1. The summed E-state index contributed by atoms with van der Waals surface area (Å²) >= 11 is 5.16. The Kier molecular flexibility index (Phi) is 4.19. The molecule has 3 aromatic rings. The van der Waals surface area contributed by atoms with Crippen LogP contribution in [0.3, 0.4) is 0 Å². The molecule has 0 saturated heterocycles. The summed E-state index contributed by atoms with van der Waals surface area (Å²) in [5.74, 6) is 0. The third kappa shape index (κ3) is 2.95. The van der Waals surface area contributed by atoms with Crippen LogP contribution in [0.1, 0.15) is 24.2 Å². The monoisotopic (exact) mass is 349 g/mol. The van der Waals surface area contributed by atoms with E-state index in [1.165, 1.54) is 5.56 Å². The van der Waals surface area contributed by atoms with Gasteiger partial charge in [0.1, 0.15) is 0 Å². The molecule has 0 amide bonds. The van der Waals surface area contributed by atoms with E-state index in [2.05, 4.69) is 79.6 Å². The van der Waals surface area contributed by atoms with Crippen molar-refractivity contribution in [2.75, 3.05) is 6.54 Å². The lowest BCUT2D eigenvalue weighted by atomic mass is 10.0. The van der Waals surface area contributed by atoms with E-state index in [0.29, 0.717) is 6.04 Å². The van der Waals surface area contributed by atoms with Crippen molar-refractivity contribution < 1.29 is 0 Å². The first-order valence-electron chi connectivity index (χ1n) is 6.66. The summed E-state index contributed by atoms with van der Waals surface area (Å²) in [7, 11) is 0. The second-order valence-corrected chi connectivity index (χ2v) is 6.48. The fraction of sp³-hybridized carbons (Fsp3) is 0.267. The molecule has 0 fully saturated rings.